The first-order valence-corrected chi connectivity index (χ1v) is 11.6. The first-order chi connectivity index (χ1) is 16.4. The number of anilines is 2. The fourth-order valence-corrected chi connectivity index (χ4v) is 3.85. The number of carbonyl (C=O) groups is 2. The Morgan fingerprint density at radius 2 is 1.94 bits per heavy atom. The predicted octanol–water partition coefficient (Wildman–Crippen LogP) is 1.43. The summed E-state index contributed by atoms with van der Waals surface area (Å²) >= 11 is 1.16. The summed E-state index contributed by atoms with van der Waals surface area (Å²) in [6.07, 6.45) is 5.02. The largest absolute Gasteiger partial charge is 0.451 e. The second kappa shape index (κ2) is 11.3. The van der Waals surface area contributed by atoms with Crippen LogP contribution in [0.4, 0.5) is 11.5 Å². The standard InChI is InChI=1S/C21H25N7O5S/c1-3-5-10-27(15-16(22)28(9-4-2)21(32)26-18(15)30)14(29)11-33-20(31)13-12-34-19(25-13)17-23-7-6-8-24-17/h6-8,12H,3-5,9-11,22H2,1-2H3,(H,26,30,32). The quantitative estimate of drug-likeness (QED) is 0.402. The molecule has 0 spiro atoms. The molecule has 0 aromatic carbocycles. The van der Waals surface area contributed by atoms with Crippen molar-refractivity contribution in [2.75, 3.05) is 23.8 Å². The molecule has 0 aliphatic carbocycles. The summed E-state index contributed by atoms with van der Waals surface area (Å²) in [7, 11) is 0. The molecule has 0 unspecified atom stereocenters. The monoisotopic (exact) mass is 487 g/mol. The number of unbranched alkanes of at least 4 members (excludes halogenated alkanes) is 1. The number of esters is 1. The Bertz CT molecular complexity index is 1270. The highest BCUT2D eigenvalue weighted by Crippen LogP contribution is 2.21. The molecule has 0 saturated carbocycles. The first-order valence-electron chi connectivity index (χ1n) is 10.7. The third-order valence-electron chi connectivity index (χ3n) is 4.76. The highest BCUT2D eigenvalue weighted by atomic mass is 32.1. The summed E-state index contributed by atoms with van der Waals surface area (Å²) in [6.45, 7) is 3.57. The van der Waals surface area contributed by atoms with Crippen molar-refractivity contribution in [3.63, 3.8) is 0 Å². The zero-order chi connectivity index (χ0) is 24.7. The molecule has 3 aromatic rings. The van der Waals surface area contributed by atoms with Crippen molar-refractivity contribution in [2.24, 2.45) is 0 Å². The third kappa shape index (κ3) is 5.54. The summed E-state index contributed by atoms with van der Waals surface area (Å²) < 4.78 is 6.36. The number of rotatable bonds is 10. The van der Waals surface area contributed by atoms with Crippen molar-refractivity contribution < 1.29 is 14.3 Å². The third-order valence-corrected chi connectivity index (χ3v) is 5.60. The van der Waals surface area contributed by atoms with Crippen LogP contribution in [0.5, 0.6) is 0 Å². The van der Waals surface area contributed by atoms with Gasteiger partial charge in [0.15, 0.2) is 28.8 Å². The van der Waals surface area contributed by atoms with Gasteiger partial charge in [0.2, 0.25) is 0 Å². The summed E-state index contributed by atoms with van der Waals surface area (Å²) in [5, 5.41) is 1.91. The van der Waals surface area contributed by atoms with E-state index >= 15 is 0 Å². The number of thiazole rings is 1. The van der Waals surface area contributed by atoms with Gasteiger partial charge in [-0.3, -0.25) is 19.1 Å². The van der Waals surface area contributed by atoms with Gasteiger partial charge in [-0.25, -0.2) is 24.5 Å². The van der Waals surface area contributed by atoms with Crippen molar-refractivity contribution in [1.29, 1.82) is 0 Å². The highest BCUT2D eigenvalue weighted by molar-refractivity contribution is 7.13. The Labute approximate surface area is 198 Å². The molecule has 0 saturated heterocycles. The van der Waals surface area contributed by atoms with Gasteiger partial charge in [0.1, 0.15) is 5.82 Å². The number of aromatic nitrogens is 5. The van der Waals surface area contributed by atoms with Crippen LogP contribution in [0.2, 0.25) is 0 Å². The molecular formula is C21H25N7O5S. The predicted molar refractivity (Wildman–Crippen MR) is 127 cm³/mol. The number of hydrogen-bond donors (Lipinski definition) is 2. The fourth-order valence-electron chi connectivity index (χ4n) is 3.12. The average Bonchev–Trinajstić information content (AvgIpc) is 3.33. The van der Waals surface area contributed by atoms with Crippen LogP contribution in [0.3, 0.4) is 0 Å². The van der Waals surface area contributed by atoms with E-state index in [1.54, 1.807) is 18.5 Å². The average molecular weight is 488 g/mol. The van der Waals surface area contributed by atoms with E-state index in [0.29, 0.717) is 23.7 Å². The van der Waals surface area contributed by atoms with Gasteiger partial charge in [-0.1, -0.05) is 20.3 Å². The fraction of sp³-hybridized carbons (Fsp3) is 0.381. The van der Waals surface area contributed by atoms with Crippen molar-refractivity contribution in [1.82, 2.24) is 24.5 Å². The molecule has 0 aliphatic rings. The maximum absolute atomic E-state index is 13.0. The molecule has 3 aromatic heterocycles. The van der Waals surface area contributed by atoms with E-state index in [0.717, 1.165) is 22.7 Å². The number of H-pyrrole nitrogens is 1. The minimum atomic E-state index is -0.806. The van der Waals surface area contributed by atoms with Crippen molar-refractivity contribution in [3.8, 4) is 10.8 Å². The normalized spacial score (nSPS) is 10.8. The minimum absolute atomic E-state index is 0.00853. The number of carbonyl (C=O) groups excluding carboxylic acids is 2. The Kier molecular flexibility index (Phi) is 8.24. The number of nitrogen functional groups attached to an aromatic ring is 1. The molecule has 12 nitrogen and oxygen atoms in total. The van der Waals surface area contributed by atoms with Gasteiger partial charge in [0.05, 0.1) is 0 Å². The molecule has 0 atom stereocenters. The van der Waals surface area contributed by atoms with E-state index in [1.165, 1.54) is 9.95 Å². The zero-order valence-electron chi connectivity index (χ0n) is 18.8. The molecule has 1 amide bonds. The lowest BCUT2D eigenvalue weighted by Crippen LogP contribution is -2.43. The van der Waals surface area contributed by atoms with Gasteiger partial charge in [0.25, 0.3) is 11.5 Å². The second-order valence-corrected chi connectivity index (χ2v) is 8.09. The lowest BCUT2D eigenvalue weighted by molar-refractivity contribution is -0.121. The molecule has 0 fully saturated rings. The molecule has 0 bridgehead atoms. The molecule has 180 valence electrons. The Morgan fingerprint density at radius 1 is 1.21 bits per heavy atom. The summed E-state index contributed by atoms with van der Waals surface area (Å²) in [6, 6.07) is 1.66. The molecule has 3 rings (SSSR count). The summed E-state index contributed by atoms with van der Waals surface area (Å²) in [5.74, 6) is -1.20. The van der Waals surface area contributed by atoms with Crippen molar-refractivity contribution in [2.45, 2.75) is 39.7 Å². The second-order valence-electron chi connectivity index (χ2n) is 7.23. The van der Waals surface area contributed by atoms with Gasteiger partial charge in [-0.2, -0.15) is 0 Å². The first kappa shape index (κ1) is 24.8. The van der Waals surface area contributed by atoms with Crippen LogP contribution in [0.15, 0.2) is 33.4 Å². The van der Waals surface area contributed by atoms with Crippen molar-refractivity contribution in [3.05, 3.63) is 50.4 Å². The summed E-state index contributed by atoms with van der Waals surface area (Å²) in [5.41, 5.74) is 4.55. The van der Waals surface area contributed by atoms with Crippen molar-refractivity contribution >= 4 is 34.7 Å². The highest BCUT2D eigenvalue weighted by Gasteiger charge is 2.25. The Hall–Kier alpha value is -3.87. The van der Waals surface area contributed by atoms with Gasteiger partial charge >= 0.3 is 11.7 Å². The van der Waals surface area contributed by atoms with Gasteiger partial charge < -0.3 is 15.4 Å². The van der Waals surface area contributed by atoms with Crippen LogP contribution in [-0.2, 0) is 16.1 Å². The van der Waals surface area contributed by atoms with Gasteiger partial charge in [-0.05, 0) is 18.9 Å². The molecular weight excluding hydrogens is 462 g/mol. The van der Waals surface area contributed by atoms with Crippen LogP contribution in [0.1, 0.15) is 43.6 Å². The van der Waals surface area contributed by atoms with Gasteiger partial charge in [0, 0.05) is 30.9 Å². The van der Waals surface area contributed by atoms with E-state index in [4.69, 9.17) is 10.5 Å². The lowest BCUT2D eigenvalue weighted by atomic mass is 10.2. The molecule has 0 radical (unpaired) electrons. The number of nitrogens with one attached hydrogen (secondary N) is 1. The van der Waals surface area contributed by atoms with E-state index in [1.807, 2.05) is 13.8 Å². The molecule has 3 N–H and O–H groups in total. The van der Waals surface area contributed by atoms with Gasteiger partial charge in [-0.15, -0.1) is 11.3 Å². The number of amides is 1. The Balaban J connectivity index is 1.79. The van der Waals surface area contributed by atoms with Crippen LogP contribution in [-0.4, -0.2) is 49.5 Å². The number of hydrogen-bond acceptors (Lipinski definition) is 10. The lowest BCUT2D eigenvalue weighted by Gasteiger charge is -2.24. The van der Waals surface area contributed by atoms with E-state index in [-0.39, 0.29) is 30.3 Å². The topological polar surface area (TPSA) is 166 Å². The molecule has 34 heavy (non-hydrogen) atoms. The minimum Gasteiger partial charge on any atom is -0.451 e. The number of aromatic amines is 1. The molecule has 3 heterocycles. The summed E-state index contributed by atoms with van der Waals surface area (Å²) in [4.78, 5) is 65.8. The van der Waals surface area contributed by atoms with Crippen LogP contribution in [0.25, 0.3) is 10.8 Å². The smallest absolute Gasteiger partial charge is 0.358 e. The number of nitrogens with zero attached hydrogens (tertiary/aromatic N) is 5. The number of ether oxygens (including phenoxy) is 1. The SMILES string of the molecule is CCCCN(C(=O)COC(=O)c1csc(-c2ncccn2)n1)c1c(N)n(CCC)c(=O)[nH]c1=O. The van der Waals surface area contributed by atoms with Crippen LogP contribution >= 0.6 is 11.3 Å². The van der Waals surface area contributed by atoms with Crippen LogP contribution < -0.4 is 21.9 Å². The maximum Gasteiger partial charge on any atom is 0.358 e. The van der Waals surface area contributed by atoms with Crippen LogP contribution in [0, 0.1) is 0 Å². The molecule has 0 aliphatic heterocycles. The molecule has 13 heteroatoms. The van der Waals surface area contributed by atoms with E-state index in [9.17, 15) is 19.2 Å². The number of nitrogens with two attached hydrogens (primary N) is 1. The zero-order valence-corrected chi connectivity index (χ0v) is 19.6. The van der Waals surface area contributed by atoms with E-state index < -0.39 is 29.7 Å². The van der Waals surface area contributed by atoms with E-state index in [2.05, 4.69) is 19.9 Å². The maximum atomic E-state index is 13.0. The Morgan fingerprint density at radius 3 is 2.62 bits per heavy atom.